The minimum absolute atomic E-state index is 0.214. The summed E-state index contributed by atoms with van der Waals surface area (Å²) in [7, 11) is 2.09. The number of benzene rings is 2. The van der Waals surface area contributed by atoms with Gasteiger partial charge >= 0.3 is 0 Å². The molecule has 5 rings (SSSR count). The summed E-state index contributed by atoms with van der Waals surface area (Å²) in [6.07, 6.45) is 3.65. The van der Waals surface area contributed by atoms with Crippen molar-refractivity contribution in [3.63, 3.8) is 0 Å². The van der Waals surface area contributed by atoms with E-state index in [1.807, 2.05) is 35.1 Å². The largest absolute Gasteiger partial charge is 0.367 e. The van der Waals surface area contributed by atoms with Gasteiger partial charge in [-0.05, 0) is 39.1 Å². The fourth-order valence-corrected chi connectivity index (χ4v) is 4.09. The van der Waals surface area contributed by atoms with E-state index in [1.54, 1.807) is 6.20 Å². The number of hydrogen-bond acceptors (Lipinski definition) is 6. The van der Waals surface area contributed by atoms with Crippen molar-refractivity contribution >= 4 is 39.1 Å². The van der Waals surface area contributed by atoms with Gasteiger partial charge in [0.1, 0.15) is 11.3 Å². The van der Waals surface area contributed by atoms with Crippen LogP contribution in [0, 0.1) is 5.82 Å². The third kappa shape index (κ3) is 3.67. The van der Waals surface area contributed by atoms with Gasteiger partial charge in [-0.3, -0.25) is 4.68 Å². The Morgan fingerprint density at radius 2 is 1.77 bits per heavy atom. The van der Waals surface area contributed by atoms with E-state index in [9.17, 15) is 4.39 Å². The minimum atomic E-state index is -0.240. The lowest BCUT2D eigenvalue weighted by Gasteiger charge is -2.34. The molecule has 1 aliphatic rings. The summed E-state index contributed by atoms with van der Waals surface area (Å²) < 4.78 is 16.8. The fourth-order valence-electron chi connectivity index (χ4n) is 4.09. The van der Waals surface area contributed by atoms with Crippen molar-refractivity contribution < 1.29 is 4.39 Å². The third-order valence-corrected chi connectivity index (χ3v) is 5.84. The molecule has 0 atom stereocenters. The van der Waals surface area contributed by atoms with Gasteiger partial charge in [-0.25, -0.2) is 14.4 Å². The van der Waals surface area contributed by atoms with Gasteiger partial charge in [0, 0.05) is 54.9 Å². The number of likely N-dealkylation sites (N-methyl/N-ethyl adjacent to an activating group) is 1. The van der Waals surface area contributed by atoms with Crippen LogP contribution >= 0.6 is 0 Å². The quantitative estimate of drug-likeness (QED) is 0.535. The van der Waals surface area contributed by atoms with Gasteiger partial charge in [-0.15, -0.1) is 0 Å². The Hall–Kier alpha value is -3.26. The molecule has 31 heavy (non-hydrogen) atoms. The molecule has 1 saturated heterocycles. The first kappa shape index (κ1) is 19.7. The van der Waals surface area contributed by atoms with Crippen LogP contribution in [0.25, 0.3) is 21.8 Å². The predicted octanol–water partition coefficient (Wildman–Crippen LogP) is 4.19. The van der Waals surface area contributed by atoms with Crippen molar-refractivity contribution in [2.24, 2.45) is 0 Å². The summed E-state index contributed by atoms with van der Waals surface area (Å²) >= 11 is 0. The lowest BCUT2D eigenvalue weighted by molar-refractivity contribution is 0.311. The van der Waals surface area contributed by atoms with E-state index in [-0.39, 0.29) is 11.9 Å². The Morgan fingerprint density at radius 3 is 2.52 bits per heavy atom. The Labute approximate surface area is 180 Å². The number of piperazine rings is 1. The summed E-state index contributed by atoms with van der Waals surface area (Å²) in [6, 6.07) is 9.47. The molecule has 1 fully saturated rings. The van der Waals surface area contributed by atoms with E-state index in [2.05, 4.69) is 46.1 Å². The molecule has 0 radical (unpaired) electrons. The van der Waals surface area contributed by atoms with Crippen molar-refractivity contribution in [2.75, 3.05) is 43.4 Å². The fraction of sp³-hybridized carbons (Fsp3) is 0.348. The Balaban J connectivity index is 1.46. The van der Waals surface area contributed by atoms with Gasteiger partial charge in [-0.1, -0.05) is 12.1 Å². The molecule has 0 saturated carbocycles. The zero-order valence-electron chi connectivity index (χ0n) is 18.0. The highest BCUT2D eigenvalue weighted by molar-refractivity contribution is 6.03. The first-order valence-electron chi connectivity index (χ1n) is 10.6. The molecule has 4 aromatic rings. The molecule has 1 N–H and O–H groups in total. The van der Waals surface area contributed by atoms with Crippen molar-refractivity contribution in [1.29, 1.82) is 0 Å². The van der Waals surface area contributed by atoms with E-state index in [0.717, 1.165) is 48.0 Å². The summed E-state index contributed by atoms with van der Waals surface area (Å²) in [5.74, 6) is 0.193. The molecule has 0 unspecified atom stereocenters. The summed E-state index contributed by atoms with van der Waals surface area (Å²) in [6.45, 7) is 7.71. The molecule has 8 heteroatoms. The first-order chi connectivity index (χ1) is 15.0. The van der Waals surface area contributed by atoms with Crippen LogP contribution in [0.3, 0.4) is 0 Å². The molecule has 0 spiro atoms. The molecule has 3 heterocycles. The Morgan fingerprint density at radius 1 is 1.00 bits per heavy atom. The second-order valence-electron chi connectivity index (χ2n) is 8.40. The topological polar surface area (TPSA) is 62.1 Å². The number of aromatic nitrogens is 4. The lowest BCUT2D eigenvalue weighted by Crippen LogP contribution is -2.44. The van der Waals surface area contributed by atoms with Crippen LogP contribution in [0.15, 0.2) is 42.7 Å². The highest BCUT2D eigenvalue weighted by Crippen LogP contribution is 2.28. The van der Waals surface area contributed by atoms with Gasteiger partial charge in [0.2, 0.25) is 5.95 Å². The summed E-state index contributed by atoms with van der Waals surface area (Å²) in [5, 5.41) is 9.65. The summed E-state index contributed by atoms with van der Waals surface area (Å²) in [5.41, 5.74) is 3.07. The zero-order chi connectivity index (χ0) is 21.5. The van der Waals surface area contributed by atoms with Gasteiger partial charge in [-0.2, -0.15) is 5.10 Å². The third-order valence-electron chi connectivity index (χ3n) is 5.84. The van der Waals surface area contributed by atoms with Crippen molar-refractivity contribution in [1.82, 2.24) is 24.6 Å². The van der Waals surface area contributed by atoms with Crippen LogP contribution in [0.5, 0.6) is 0 Å². The second-order valence-corrected chi connectivity index (χ2v) is 8.40. The lowest BCUT2D eigenvalue weighted by atomic mass is 10.2. The van der Waals surface area contributed by atoms with Crippen LogP contribution in [0.2, 0.25) is 0 Å². The monoisotopic (exact) mass is 419 g/mol. The van der Waals surface area contributed by atoms with Crippen molar-refractivity contribution in [3.8, 4) is 0 Å². The van der Waals surface area contributed by atoms with Crippen LogP contribution in [-0.4, -0.2) is 57.9 Å². The van der Waals surface area contributed by atoms with E-state index in [4.69, 9.17) is 4.98 Å². The molecule has 160 valence electrons. The highest BCUT2D eigenvalue weighted by atomic mass is 19.1. The molecule has 7 nitrogen and oxygen atoms in total. The second kappa shape index (κ2) is 7.77. The summed E-state index contributed by atoms with van der Waals surface area (Å²) in [4.78, 5) is 13.5. The number of nitrogens with zero attached hydrogens (tertiary/aromatic N) is 6. The maximum atomic E-state index is 14.8. The molecular weight excluding hydrogens is 393 g/mol. The van der Waals surface area contributed by atoms with Crippen LogP contribution < -0.4 is 10.2 Å². The van der Waals surface area contributed by atoms with E-state index < -0.39 is 0 Å². The maximum absolute atomic E-state index is 14.8. The van der Waals surface area contributed by atoms with Crippen molar-refractivity contribution in [3.05, 3.63) is 48.5 Å². The number of nitrogens with one attached hydrogen (secondary N) is 1. The molecule has 0 amide bonds. The maximum Gasteiger partial charge on any atom is 0.227 e. The molecular formula is C23H26FN7. The number of rotatable bonds is 4. The normalized spacial score (nSPS) is 15.3. The van der Waals surface area contributed by atoms with Crippen LogP contribution in [0.4, 0.5) is 21.7 Å². The number of halogens is 1. The molecule has 2 aromatic carbocycles. The van der Waals surface area contributed by atoms with Crippen LogP contribution in [0.1, 0.15) is 19.9 Å². The van der Waals surface area contributed by atoms with E-state index in [1.165, 1.54) is 6.07 Å². The predicted molar refractivity (Wildman–Crippen MR) is 123 cm³/mol. The highest BCUT2D eigenvalue weighted by Gasteiger charge is 2.18. The van der Waals surface area contributed by atoms with Crippen LogP contribution in [-0.2, 0) is 0 Å². The van der Waals surface area contributed by atoms with Gasteiger partial charge in [0.25, 0.3) is 0 Å². The SMILES string of the molecule is CC(C)n1ncc2ccc3cnc(Nc4ccc(N5CCN(C)CC5)c(F)c4)nc3c21. The first-order valence-corrected chi connectivity index (χ1v) is 10.6. The number of fused-ring (bicyclic) bond motifs is 3. The molecule has 1 aliphatic heterocycles. The minimum Gasteiger partial charge on any atom is -0.367 e. The average Bonchev–Trinajstić information content (AvgIpc) is 3.20. The Bertz CT molecular complexity index is 1240. The van der Waals surface area contributed by atoms with Crippen molar-refractivity contribution in [2.45, 2.75) is 19.9 Å². The smallest absolute Gasteiger partial charge is 0.227 e. The average molecular weight is 420 g/mol. The molecule has 0 aliphatic carbocycles. The number of anilines is 3. The van der Waals surface area contributed by atoms with Gasteiger partial charge in [0.15, 0.2) is 0 Å². The van der Waals surface area contributed by atoms with E-state index in [0.29, 0.717) is 17.3 Å². The Kier molecular flexibility index (Phi) is 4.94. The molecule has 2 aromatic heterocycles. The van der Waals surface area contributed by atoms with Gasteiger partial charge in [0.05, 0.1) is 17.4 Å². The standard InChI is InChI=1S/C23H26FN7/c1-15(2)31-22-17(14-26-31)5-4-16-13-25-23(28-21(16)22)27-18-6-7-20(19(24)12-18)30-10-8-29(3)9-11-30/h4-7,12-15H,8-11H2,1-3H3,(H,25,27,28). The van der Waals surface area contributed by atoms with Gasteiger partial charge < -0.3 is 15.1 Å². The zero-order valence-corrected chi connectivity index (χ0v) is 18.0. The molecule has 0 bridgehead atoms. The number of hydrogen-bond donors (Lipinski definition) is 1. The van der Waals surface area contributed by atoms with E-state index >= 15 is 0 Å².